The lowest BCUT2D eigenvalue weighted by Gasteiger charge is -2.42. The Morgan fingerprint density at radius 1 is 0.417 bits per heavy atom. The molecule has 2 aromatic heterocycles. The predicted octanol–water partition coefficient (Wildman–Crippen LogP) is 16.9. The van der Waals surface area contributed by atoms with Crippen molar-refractivity contribution in [3.05, 3.63) is 193 Å². The van der Waals surface area contributed by atoms with Crippen molar-refractivity contribution in [2.45, 2.75) is 51.4 Å². The minimum Gasteiger partial charge on any atom is -0.456 e. The number of hydrogen-bond acceptors (Lipinski definition) is 4. The molecule has 0 bridgehead atoms. The number of rotatable bonds is 7. The quantitative estimate of drug-likeness (QED) is 0.160. The average Bonchev–Trinajstić information content (AvgIpc) is 3.85. The molecular formula is C56H46N2OS. The molecular weight excluding hydrogens is 749 g/mol. The minimum absolute atomic E-state index is 0.0910. The van der Waals surface area contributed by atoms with E-state index in [2.05, 4.69) is 213 Å². The summed E-state index contributed by atoms with van der Waals surface area (Å²) >= 11 is 1.86. The lowest BCUT2D eigenvalue weighted by atomic mass is 9.63. The molecule has 0 unspecified atom stereocenters. The Morgan fingerprint density at radius 2 is 0.967 bits per heavy atom. The fourth-order valence-electron chi connectivity index (χ4n) is 9.53. The summed E-state index contributed by atoms with van der Waals surface area (Å²) in [7, 11) is 0. The highest BCUT2D eigenvalue weighted by Gasteiger charge is 2.37. The number of furan rings is 1. The molecule has 0 spiro atoms. The standard InChI is InChI=1S/C56H46N2OS/c1-55(2)33-34-56(3,4)49-36-43(29-31-48(49)55)57(42-30-32-52-47(35-42)44-15-8-10-19-51(44)59-52)40-25-21-37(22-26-40)38-23-27-41(28-24-38)58(39-13-6-5-7-14-39)50-18-12-17-46-45-16-9-11-20-53(45)60-54(46)50/h5-32,35-36H,33-34H2,1-4H3. The van der Waals surface area contributed by atoms with E-state index in [0.29, 0.717) is 0 Å². The van der Waals surface area contributed by atoms with Crippen LogP contribution in [0.1, 0.15) is 51.7 Å². The molecule has 1 aliphatic rings. The average molecular weight is 795 g/mol. The van der Waals surface area contributed by atoms with E-state index in [1.165, 1.54) is 66.6 Å². The molecule has 10 aromatic rings. The van der Waals surface area contributed by atoms with Gasteiger partial charge in [0.15, 0.2) is 0 Å². The van der Waals surface area contributed by atoms with Crippen molar-refractivity contribution in [1.29, 1.82) is 0 Å². The van der Waals surface area contributed by atoms with Crippen LogP contribution in [0.4, 0.5) is 34.1 Å². The number of anilines is 6. The van der Waals surface area contributed by atoms with Gasteiger partial charge in [-0.1, -0.05) is 125 Å². The molecule has 0 N–H and O–H groups in total. The van der Waals surface area contributed by atoms with Crippen molar-refractivity contribution >= 4 is 87.6 Å². The van der Waals surface area contributed by atoms with Gasteiger partial charge in [-0.3, -0.25) is 0 Å². The number of hydrogen-bond donors (Lipinski definition) is 0. The summed E-state index contributed by atoms with van der Waals surface area (Å²) in [5.41, 5.74) is 14.1. The Morgan fingerprint density at radius 3 is 1.72 bits per heavy atom. The van der Waals surface area contributed by atoms with Gasteiger partial charge >= 0.3 is 0 Å². The Labute approximate surface area is 355 Å². The van der Waals surface area contributed by atoms with Crippen LogP contribution in [0, 0.1) is 0 Å². The molecule has 0 fully saturated rings. The van der Waals surface area contributed by atoms with Gasteiger partial charge in [0.2, 0.25) is 0 Å². The van der Waals surface area contributed by atoms with Gasteiger partial charge < -0.3 is 14.2 Å². The van der Waals surface area contributed by atoms with Crippen LogP contribution in [0.25, 0.3) is 53.2 Å². The Hall–Kier alpha value is -6.62. The van der Waals surface area contributed by atoms with Gasteiger partial charge in [-0.2, -0.15) is 0 Å². The molecule has 0 atom stereocenters. The summed E-state index contributed by atoms with van der Waals surface area (Å²) in [5.74, 6) is 0. The topological polar surface area (TPSA) is 19.6 Å². The summed E-state index contributed by atoms with van der Waals surface area (Å²) in [6.07, 6.45) is 2.36. The van der Waals surface area contributed by atoms with E-state index in [1.54, 1.807) is 0 Å². The van der Waals surface area contributed by atoms with Gasteiger partial charge in [0, 0.05) is 54.7 Å². The largest absolute Gasteiger partial charge is 0.456 e. The molecule has 8 aromatic carbocycles. The maximum absolute atomic E-state index is 6.27. The van der Waals surface area contributed by atoms with Crippen molar-refractivity contribution in [3.8, 4) is 11.1 Å². The zero-order valence-corrected chi connectivity index (χ0v) is 35.3. The SMILES string of the molecule is CC1(C)CCC(C)(C)c2cc(N(c3ccc(-c4ccc(N(c5ccccc5)c5cccc6c5sc5ccccc56)cc4)cc3)c3ccc4oc5ccccc5c4c3)ccc21. The van der Waals surface area contributed by atoms with Gasteiger partial charge in [0.05, 0.1) is 10.4 Å². The maximum atomic E-state index is 6.27. The van der Waals surface area contributed by atoms with Crippen LogP contribution >= 0.6 is 11.3 Å². The third kappa shape index (κ3) is 6.09. The second kappa shape index (κ2) is 14.0. The molecule has 2 heterocycles. The molecule has 4 heteroatoms. The summed E-state index contributed by atoms with van der Waals surface area (Å²) < 4.78 is 8.87. The molecule has 0 aliphatic heterocycles. The zero-order chi connectivity index (χ0) is 40.6. The Kier molecular flexibility index (Phi) is 8.51. The van der Waals surface area contributed by atoms with E-state index in [4.69, 9.17) is 4.42 Å². The first-order chi connectivity index (χ1) is 29.2. The molecule has 0 saturated heterocycles. The fraction of sp³-hybridized carbons (Fsp3) is 0.143. The number of para-hydroxylation sites is 2. The fourth-order valence-corrected chi connectivity index (χ4v) is 10.7. The molecule has 0 radical (unpaired) electrons. The predicted molar refractivity (Wildman–Crippen MR) is 257 cm³/mol. The molecule has 292 valence electrons. The molecule has 1 aliphatic carbocycles. The van der Waals surface area contributed by atoms with Crippen LogP contribution in [-0.2, 0) is 10.8 Å². The monoisotopic (exact) mass is 794 g/mol. The lowest BCUT2D eigenvalue weighted by molar-refractivity contribution is 0.332. The van der Waals surface area contributed by atoms with Crippen LogP contribution in [0.5, 0.6) is 0 Å². The van der Waals surface area contributed by atoms with Gasteiger partial charge in [-0.25, -0.2) is 0 Å². The highest BCUT2D eigenvalue weighted by molar-refractivity contribution is 7.26. The number of thiophene rings is 1. The highest BCUT2D eigenvalue weighted by Crippen LogP contribution is 2.49. The zero-order valence-electron chi connectivity index (χ0n) is 34.4. The van der Waals surface area contributed by atoms with E-state index >= 15 is 0 Å². The Bertz CT molecular complexity index is 3210. The summed E-state index contributed by atoms with van der Waals surface area (Å²) in [4.78, 5) is 4.81. The normalized spacial score (nSPS) is 14.5. The van der Waals surface area contributed by atoms with Crippen LogP contribution in [0.15, 0.2) is 186 Å². The van der Waals surface area contributed by atoms with Crippen molar-refractivity contribution in [2.75, 3.05) is 9.80 Å². The van der Waals surface area contributed by atoms with Crippen LogP contribution in [-0.4, -0.2) is 0 Å². The summed E-state index contributed by atoms with van der Waals surface area (Å²) in [6.45, 7) is 9.60. The van der Waals surface area contributed by atoms with E-state index in [-0.39, 0.29) is 10.8 Å². The van der Waals surface area contributed by atoms with Crippen molar-refractivity contribution in [3.63, 3.8) is 0 Å². The third-order valence-corrected chi connectivity index (χ3v) is 14.1. The molecule has 11 rings (SSSR count). The first-order valence-electron chi connectivity index (χ1n) is 21.0. The smallest absolute Gasteiger partial charge is 0.135 e. The molecule has 3 nitrogen and oxygen atoms in total. The Balaban J connectivity index is 0.986. The summed E-state index contributed by atoms with van der Waals surface area (Å²) in [5, 5.41) is 4.85. The van der Waals surface area contributed by atoms with Crippen LogP contribution in [0.2, 0.25) is 0 Å². The maximum Gasteiger partial charge on any atom is 0.135 e. The highest BCUT2D eigenvalue weighted by atomic mass is 32.1. The molecule has 0 amide bonds. The van der Waals surface area contributed by atoms with E-state index in [9.17, 15) is 0 Å². The number of benzene rings is 8. The van der Waals surface area contributed by atoms with Crippen molar-refractivity contribution in [1.82, 2.24) is 0 Å². The van der Waals surface area contributed by atoms with E-state index in [0.717, 1.165) is 44.7 Å². The molecule has 0 saturated carbocycles. The first kappa shape index (κ1) is 36.5. The van der Waals surface area contributed by atoms with Crippen molar-refractivity contribution < 1.29 is 4.42 Å². The second-order valence-corrected chi connectivity index (χ2v) is 18.7. The van der Waals surface area contributed by atoms with Crippen LogP contribution < -0.4 is 9.80 Å². The van der Waals surface area contributed by atoms with Crippen molar-refractivity contribution in [2.24, 2.45) is 0 Å². The molecule has 60 heavy (non-hydrogen) atoms. The number of nitrogens with zero attached hydrogens (tertiary/aromatic N) is 2. The van der Waals surface area contributed by atoms with Gasteiger partial charge in [-0.05, 0) is 131 Å². The van der Waals surface area contributed by atoms with Crippen LogP contribution in [0.3, 0.4) is 0 Å². The van der Waals surface area contributed by atoms with Gasteiger partial charge in [-0.15, -0.1) is 11.3 Å². The second-order valence-electron chi connectivity index (χ2n) is 17.6. The third-order valence-electron chi connectivity index (χ3n) is 12.9. The summed E-state index contributed by atoms with van der Waals surface area (Å²) in [6, 6.07) is 66.4. The van der Waals surface area contributed by atoms with E-state index in [1.807, 2.05) is 17.4 Å². The van der Waals surface area contributed by atoms with Gasteiger partial charge in [0.1, 0.15) is 11.2 Å². The lowest BCUT2D eigenvalue weighted by Crippen LogP contribution is -2.34. The first-order valence-corrected chi connectivity index (χ1v) is 21.9. The van der Waals surface area contributed by atoms with Gasteiger partial charge in [0.25, 0.3) is 0 Å². The minimum atomic E-state index is 0.0910. The number of fused-ring (bicyclic) bond motifs is 7. The van der Waals surface area contributed by atoms with E-state index < -0.39 is 0 Å².